The van der Waals surface area contributed by atoms with E-state index in [9.17, 15) is 31.5 Å². The lowest BCUT2D eigenvalue weighted by Gasteiger charge is -2.09. The molecule has 1 N–H and O–H groups in total. The van der Waals surface area contributed by atoms with Crippen LogP contribution in [0.5, 0.6) is 11.5 Å². The molecule has 0 aliphatic carbocycles. The third kappa shape index (κ3) is 6.98. The zero-order chi connectivity index (χ0) is 19.0. The number of hydrogen-bond acceptors (Lipinski definition) is 4. The van der Waals surface area contributed by atoms with Gasteiger partial charge in [0.05, 0.1) is 0 Å². The molecule has 0 spiro atoms. The lowest BCUT2D eigenvalue weighted by Crippen LogP contribution is -2.19. The number of aldehydes is 2. The molecule has 0 unspecified atom stereocenters. The van der Waals surface area contributed by atoms with Crippen LogP contribution >= 0.6 is 0 Å². The molecule has 2 aromatic rings. The van der Waals surface area contributed by atoms with Crippen molar-refractivity contribution in [2.24, 2.45) is 0 Å². The van der Waals surface area contributed by atoms with Crippen molar-refractivity contribution in [2.45, 2.75) is 6.18 Å². The second-order valence-corrected chi connectivity index (χ2v) is 4.54. The Morgan fingerprint density at radius 1 is 0.920 bits per heavy atom. The molecule has 0 saturated heterocycles. The summed E-state index contributed by atoms with van der Waals surface area (Å²) in [5.74, 6) is -2.74. The Kier molecular flexibility index (Phi) is 7.04. The number of carbonyl (C=O) groups is 2. The monoisotopic (exact) mass is 362 g/mol. The Labute approximate surface area is 138 Å². The molecule has 0 aliphatic heterocycles. The summed E-state index contributed by atoms with van der Waals surface area (Å²) in [6, 6.07) is 6.40. The van der Waals surface area contributed by atoms with Gasteiger partial charge >= 0.3 is 6.18 Å². The average molecular weight is 362 g/mol. The van der Waals surface area contributed by atoms with E-state index in [0.717, 1.165) is 24.3 Å². The number of alkyl halides is 3. The average Bonchev–Trinajstić information content (AvgIpc) is 2.56. The molecule has 0 fully saturated rings. The molecule has 0 atom stereocenters. The number of rotatable bonds is 4. The molecule has 4 nitrogen and oxygen atoms in total. The van der Waals surface area contributed by atoms with Gasteiger partial charge in [-0.1, -0.05) is 0 Å². The van der Waals surface area contributed by atoms with Crippen molar-refractivity contribution in [2.75, 3.05) is 6.61 Å². The Morgan fingerprint density at radius 3 is 1.88 bits per heavy atom. The maximum atomic E-state index is 13.0. The van der Waals surface area contributed by atoms with E-state index in [2.05, 4.69) is 4.74 Å². The summed E-state index contributed by atoms with van der Waals surface area (Å²) in [5, 5.41) is 8.65. The highest BCUT2D eigenvalue weighted by atomic mass is 19.4. The molecule has 0 amide bonds. The van der Waals surface area contributed by atoms with Gasteiger partial charge in [-0.25, -0.2) is 8.78 Å². The molecule has 2 rings (SSSR count). The Bertz CT molecular complexity index is 744. The number of hydrogen-bond donors (Lipinski definition) is 1. The van der Waals surface area contributed by atoms with E-state index in [1.165, 1.54) is 12.1 Å². The summed E-state index contributed by atoms with van der Waals surface area (Å²) in [7, 11) is 0. The van der Waals surface area contributed by atoms with Gasteiger partial charge in [-0.05, 0) is 36.4 Å². The number of ether oxygens (including phenoxy) is 1. The van der Waals surface area contributed by atoms with Gasteiger partial charge in [0, 0.05) is 11.1 Å². The molecular weight excluding hydrogens is 351 g/mol. The summed E-state index contributed by atoms with van der Waals surface area (Å²) >= 11 is 0. The number of carbonyl (C=O) groups excluding carboxylic acids is 2. The van der Waals surface area contributed by atoms with Crippen LogP contribution in [-0.4, -0.2) is 30.5 Å². The molecule has 0 heterocycles. The number of benzene rings is 2. The fourth-order valence-corrected chi connectivity index (χ4v) is 1.46. The topological polar surface area (TPSA) is 63.6 Å². The maximum absolute atomic E-state index is 13.0. The zero-order valence-corrected chi connectivity index (χ0v) is 12.4. The molecule has 0 bridgehead atoms. The van der Waals surface area contributed by atoms with E-state index in [-0.39, 0.29) is 11.1 Å². The summed E-state index contributed by atoms with van der Waals surface area (Å²) < 4.78 is 64.6. The third-order valence-corrected chi connectivity index (χ3v) is 2.59. The van der Waals surface area contributed by atoms with Gasteiger partial charge < -0.3 is 9.84 Å². The molecule has 0 aliphatic rings. The van der Waals surface area contributed by atoms with Crippen molar-refractivity contribution in [3.63, 3.8) is 0 Å². The zero-order valence-electron chi connectivity index (χ0n) is 12.4. The predicted molar refractivity (Wildman–Crippen MR) is 76.8 cm³/mol. The molecule has 0 saturated carbocycles. The first-order valence-corrected chi connectivity index (χ1v) is 6.54. The van der Waals surface area contributed by atoms with Crippen LogP contribution in [0, 0.1) is 11.6 Å². The Hall–Kier alpha value is -2.97. The van der Waals surface area contributed by atoms with Gasteiger partial charge in [0.15, 0.2) is 29.7 Å². The molecule has 2 aromatic carbocycles. The second kappa shape index (κ2) is 8.76. The molecule has 25 heavy (non-hydrogen) atoms. The van der Waals surface area contributed by atoms with Crippen LogP contribution in [0.15, 0.2) is 36.4 Å². The minimum atomic E-state index is -4.52. The number of phenolic OH excluding ortho intramolecular Hbond substituents is 1. The maximum Gasteiger partial charge on any atom is 0.422 e. The number of aromatic hydroxyl groups is 1. The summed E-state index contributed by atoms with van der Waals surface area (Å²) in [5.41, 5.74) is 0.252. The third-order valence-electron chi connectivity index (χ3n) is 2.59. The molecule has 9 heteroatoms. The van der Waals surface area contributed by atoms with Gasteiger partial charge in [0.25, 0.3) is 0 Å². The minimum absolute atomic E-state index is 0.0341. The van der Waals surface area contributed by atoms with E-state index >= 15 is 0 Å². The summed E-state index contributed by atoms with van der Waals surface area (Å²) in [4.78, 5) is 20.2. The second-order valence-electron chi connectivity index (χ2n) is 4.54. The van der Waals surface area contributed by atoms with E-state index in [0.29, 0.717) is 12.6 Å². The predicted octanol–water partition coefficient (Wildman–Crippen LogP) is 3.92. The van der Waals surface area contributed by atoms with Crippen LogP contribution in [0.25, 0.3) is 0 Å². The van der Waals surface area contributed by atoms with Crippen LogP contribution in [-0.2, 0) is 0 Å². The van der Waals surface area contributed by atoms with E-state index in [4.69, 9.17) is 5.11 Å². The Balaban J connectivity index is 0.000000271. The molecule has 0 aromatic heterocycles. The lowest BCUT2D eigenvalue weighted by molar-refractivity contribution is -0.153. The van der Waals surface area contributed by atoms with E-state index in [1.54, 1.807) is 0 Å². The van der Waals surface area contributed by atoms with Gasteiger partial charge in [-0.15, -0.1) is 0 Å². The quantitative estimate of drug-likeness (QED) is 0.661. The summed E-state index contributed by atoms with van der Waals surface area (Å²) in [6.45, 7) is -1.57. The van der Waals surface area contributed by atoms with Crippen molar-refractivity contribution in [3.05, 3.63) is 59.2 Å². The number of phenols is 1. The molecule has 134 valence electrons. The highest BCUT2D eigenvalue weighted by Crippen LogP contribution is 2.21. The van der Waals surface area contributed by atoms with E-state index in [1.807, 2.05) is 0 Å². The van der Waals surface area contributed by atoms with Gasteiger partial charge in [-0.3, -0.25) is 9.59 Å². The highest BCUT2D eigenvalue weighted by Gasteiger charge is 2.28. The first-order chi connectivity index (χ1) is 11.7. The van der Waals surface area contributed by atoms with Crippen molar-refractivity contribution in [1.29, 1.82) is 0 Å². The standard InChI is InChI=1S/C9H6F4O2.C7H5FO2/c10-7-3-6(4-14)1-2-8(7)15-5-9(11,12)13;8-6-3-5(4-9)1-2-7(6)10/h1-4H,5H2;1-4,10H. The highest BCUT2D eigenvalue weighted by molar-refractivity contribution is 5.75. The van der Waals surface area contributed by atoms with Crippen molar-refractivity contribution < 1.29 is 41.4 Å². The lowest BCUT2D eigenvalue weighted by atomic mass is 10.2. The smallest absolute Gasteiger partial charge is 0.422 e. The minimum Gasteiger partial charge on any atom is -0.505 e. The van der Waals surface area contributed by atoms with Crippen LogP contribution in [0.1, 0.15) is 20.7 Å². The van der Waals surface area contributed by atoms with Gasteiger partial charge in [0.2, 0.25) is 0 Å². The summed E-state index contributed by atoms with van der Waals surface area (Å²) in [6.07, 6.45) is -3.62. The van der Waals surface area contributed by atoms with Gasteiger partial charge in [0.1, 0.15) is 12.6 Å². The number of halogens is 5. The van der Waals surface area contributed by atoms with Crippen LogP contribution in [0.3, 0.4) is 0 Å². The van der Waals surface area contributed by atoms with Crippen molar-refractivity contribution in [1.82, 2.24) is 0 Å². The fraction of sp³-hybridized carbons (Fsp3) is 0.125. The van der Waals surface area contributed by atoms with Crippen LogP contribution in [0.4, 0.5) is 22.0 Å². The largest absolute Gasteiger partial charge is 0.505 e. The normalized spacial score (nSPS) is 10.4. The molecule has 0 radical (unpaired) electrons. The van der Waals surface area contributed by atoms with Gasteiger partial charge in [-0.2, -0.15) is 13.2 Å². The Morgan fingerprint density at radius 2 is 1.44 bits per heavy atom. The molecular formula is C16H11F5O4. The fourth-order valence-electron chi connectivity index (χ4n) is 1.46. The van der Waals surface area contributed by atoms with E-state index < -0.39 is 35.9 Å². The van der Waals surface area contributed by atoms with Crippen molar-refractivity contribution >= 4 is 12.6 Å². The van der Waals surface area contributed by atoms with Crippen LogP contribution < -0.4 is 4.74 Å². The first-order valence-electron chi connectivity index (χ1n) is 6.54. The van der Waals surface area contributed by atoms with Crippen LogP contribution in [0.2, 0.25) is 0 Å². The van der Waals surface area contributed by atoms with Crippen molar-refractivity contribution in [3.8, 4) is 11.5 Å². The first kappa shape index (κ1) is 20.1. The SMILES string of the molecule is O=Cc1ccc(O)c(F)c1.O=Cc1ccc(OCC(F)(F)F)c(F)c1.